The van der Waals surface area contributed by atoms with Crippen molar-refractivity contribution in [2.45, 2.75) is 12.5 Å². The van der Waals surface area contributed by atoms with Crippen molar-refractivity contribution in [2.24, 2.45) is 0 Å². The van der Waals surface area contributed by atoms with E-state index in [-0.39, 0.29) is 0 Å². The van der Waals surface area contributed by atoms with Gasteiger partial charge in [-0.15, -0.1) is 0 Å². The predicted octanol–water partition coefficient (Wildman–Crippen LogP) is 2.82. The molecule has 1 rings (SSSR count). The summed E-state index contributed by atoms with van der Waals surface area (Å²) in [6.07, 6.45) is 5.40. The molecule has 0 heterocycles. The number of hydrogen-bond acceptors (Lipinski definition) is 3. The maximum atomic E-state index is 11.6. The van der Waals surface area contributed by atoms with E-state index in [0.29, 0.717) is 17.2 Å². The number of carbonyl (C=O) groups excluding carboxylic acids is 1. The summed E-state index contributed by atoms with van der Waals surface area (Å²) in [6, 6.07) is 5.65. The number of rotatable bonds is 7. The molecule has 0 aliphatic heterocycles. The minimum absolute atomic E-state index is 0.380. The van der Waals surface area contributed by atoms with E-state index in [1.54, 1.807) is 30.3 Å². The molecule has 0 aliphatic carbocycles. The summed E-state index contributed by atoms with van der Waals surface area (Å²) in [5.41, 5.74) is 0.872. The number of nitrogens with one attached hydrogen (secondary N) is 2. The molecule has 1 aromatic carbocycles. The summed E-state index contributed by atoms with van der Waals surface area (Å²) >= 11 is 7.29. The third-order valence-electron chi connectivity index (χ3n) is 2.57. The fourth-order valence-corrected chi connectivity index (χ4v) is 2.08. The monoisotopic (exact) mass is 328 g/mol. The van der Waals surface area contributed by atoms with Crippen LogP contribution in [0.3, 0.4) is 0 Å². The van der Waals surface area contributed by atoms with Crippen LogP contribution < -0.4 is 10.6 Å². The van der Waals surface area contributed by atoms with Gasteiger partial charge in [0.2, 0.25) is 0 Å². The van der Waals surface area contributed by atoms with Crippen LogP contribution in [0.4, 0.5) is 4.79 Å². The predicted molar refractivity (Wildman–Crippen MR) is 86.6 cm³/mol. The molecule has 1 aromatic rings. The van der Waals surface area contributed by atoms with E-state index < -0.39 is 18.0 Å². The molecule has 0 saturated carbocycles. The lowest BCUT2D eigenvalue weighted by Gasteiger charge is -2.13. The lowest BCUT2D eigenvalue weighted by atomic mass is 10.2. The third-order valence-corrected chi connectivity index (χ3v) is 3.47. The molecule has 0 radical (unpaired) electrons. The van der Waals surface area contributed by atoms with Crippen LogP contribution in [0.15, 0.2) is 30.5 Å². The fraction of sp³-hybridized carbons (Fsp3) is 0.286. The van der Waals surface area contributed by atoms with Gasteiger partial charge in [-0.2, -0.15) is 11.8 Å². The van der Waals surface area contributed by atoms with Crippen molar-refractivity contribution < 1.29 is 14.7 Å². The first-order valence-corrected chi connectivity index (χ1v) is 8.01. The van der Waals surface area contributed by atoms with Gasteiger partial charge in [0.25, 0.3) is 0 Å². The van der Waals surface area contributed by atoms with Gasteiger partial charge in [0.15, 0.2) is 0 Å². The summed E-state index contributed by atoms with van der Waals surface area (Å²) in [5, 5.41) is 14.5. The van der Waals surface area contributed by atoms with E-state index in [9.17, 15) is 9.59 Å². The minimum Gasteiger partial charge on any atom is -0.480 e. The van der Waals surface area contributed by atoms with Crippen LogP contribution in [0.25, 0.3) is 6.08 Å². The Balaban J connectivity index is 2.45. The molecule has 21 heavy (non-hydrogen) atoms. The highest BCUT2D eigenvalue weighted by Gasteiger charge is 2.18. The van der Waals surface area contributed by atoms with E-state index >= 15 is 0 Å². The highest BCUT2D eigenvalue weighted by atomic mass is 35.5. The van der Waals surface area contributed by atoms with E-state index in [0.717, 1.165) is 5.56 Å². The molecule has 0 fully saturated rings. The first-order valence-electron chi connectivity index (χ1n) is 6.24. The van der Waals surface area contributed by atoms with Crippen molar-refractivity contribution in [3.63, 3.8) is 0 Å². The van der Waals surface area contributed by atoms with Gasteiger partial charge in [0.05, 0.1) is 0 Å². The first-order chi connectivity index (χ1) is 10.0. The number of carboxylic acid groups (broad SMARTS) is 1. The Bertz CT molecular complexity index is 505. The number of halogens is 1. The highest BCUT2D eigenvalue weighted by molar-refractivity contribution is 7.98. The number of aliphatic carboxylic acids is 1. The molecule has 114 valence electrons. The van der Waals surface area contributed by atoms with Crippen molar-refractivity contribution in [3.05, 3.63) is 41.1 Å². The zero-order chi connectivity index (χ0) is 15.7. The van der Waals surface area contributed by atoms with Crippen LogP contribution >= 0.6 is 23.4 Å². The highest BCUT2D eigenvalue weighted by Crippen LogP contribution is 2.10. The number of benzene rings is 1. The van der Waals surface area contributed by atoms with Gasteiger partial charge < -0.3 is 15.7 Å². The normalized spacial score (nSPS) is 12.1. The topological polar surface area (TPSA) is 78.4 Å². The molecule has 1 unspecified atom stereocenters. The van der Waals surface area contributed by atoms with Gasteiger partial charge in [-0.25, -0.2) is 9.59 Å². The molecule has 3 N–H and O–H groups in total. The lowest BCUT2D eigenvalue weighted by molar-refractivity contribution is -0.139. The second kappa shape index (κ2) is 9.31. The number of thioether (sulfide) groups is 1. The number of carbonyl (C=O) groups is 2. The Morgan fingerprint density at radius 3 is 2.62 bits per heavy atom. The summed E-state index contributed by atoms with van der Waals surface area (Å²) in [5.74, 6) is -0.376. The van der Waals surface area contributed by atoms with E-state index in [1.807, 2.05) is 6.26 Å². The van der Waals surface area contributed by atoms with Crippen molar-refractivity contribution in [2.75, 3.05) is 12.0 Å². The Morgan fingerprint density at radius 2 is 2.05 bits per heavy atom. The van der Waals surface area contributed by atoms with Gasteiger partial charge in [-0.3, -0.25) is 0 Å². The second-order valence-corrected chi connectivity index (χ2v) is 5.60. The molecular formula is C14H17ClN2O3S. The Hall–Kier alpha value is -1.66. The molecule has 0 aromatic heterocycles. The molecule has 0 spiro atoms. The van der Waals surface area contributed by atoms with Crippen LogP contribution in [0.2, 0.25) is 5.02 Å². The smallest absolute Gasteiger partial charge is 0.326 e. The summed E-state index contributed by atoms with van der Waals surface area (Å²) in [7, 11) is 0. The molecular weight excluding hydrogens is 312 g/mol. The van der Waals surface area contributed by atoms with Gasteiger partial charge in [-0.1, -0.05) is 23.7 Å². The Labute approximate surface area is 132 Å². The van der Waals surface area contributed by atoms with E-state index in [4.69, 9.17) is 16.7 Å². The van der Waals surface area contributed by atoms with Crippen molar-refractivity contribution in [1.82, 2.24) is 10.6 Å². The zero-order valence-corrected chi connectivity index (χ0v) is 13.1. The molecule has 0 saturated heterocycles. The lowest BCUT2D eigenvalue weighted by Crippen LogP contribution is -2.44. The Kier molecular flexibility index (Phi) is 7.71. The average molecular weight is 329 g/mol. The minimum atomic E-state index is -1.04. The standard InChI is InChI=1S/C14H17ClN2O3S/c1-21-9-7-12(13(18)19)17-14(20)16-8-6-10-2-4-11(15)5-3-10/h2-6,8,12H,7,9H2,1H3,(H,18,19)(H2,16,17,20)/b8-6+. The molecule has 0 aliphatic rings. The molecule has 1 atom stereocenters. The number of urea groups is 1. The van der Waals surface area contributed by atoms with Gasteiger partial charge in [-0.05, 0) is 42.2 Å². The van der Waals surface area contributed by atoms with Gasteiger partial charge in [0.1, 0.15) is 6.04 Å². The largest absolute Gasteiger partial charge is 0.480 e. The zero-order valence-electron chi connectivity index (χ0n) is 11.5. The van der Waals surface area contributed by atoms with Crippen LogP contribution in [-0.2, 0) is 4.79 Å². The van der Waals surface area contributed by atoms with Crippen molar-refractivity contribution in [3.8, 4) is 0 Å². The maximum Gasteiger partial charge on any atom is 0.326 e. The number of carboxylic acids is 1. The fourth-order valence-electron chi connectivity index (χ4n) is 1.48. The summed E-state index contributed by atoms with van der Waals surface area (Å²) < 4.78 is 0. The van der Waals surface area contributed by atoms with Crippen molar-refractivity contribution >= 4 is 41.4 Å². The third kappa shape index (κ3) is 7.06. The average Bonchev–Trinajstić information content (AvgIpc) is 2.45. The maximum absolute atomic E-state index is 11.6. The molecule has 7 heteroatoms. The molecule has 2 amide bonds. The summed E-state index contributed by atoms with van der Waals surface area (Å²) in [6.45, 7) is 0. The van der Waals surface area contributed by atoms with E-state index in [1.165, 1.54) is 18.0 Å². The first kappa shape index (κ1) is 17.4. The Morgan fingerprint density at radius 1 is 1.38 bits per heavy atom. The van der Waals surface area contributed by atoms with Crippen LogP contribution in [-0.4, -0.2) is 35.2 Å². The van der Waals surface area contributed by atoms with E-state index in [2.05, 4.69) is 10.6 Å². The SMILES string of the molecule is CSCCC(NC(=O)N/C=C/c1ccc(Cl)cc1)C(=O)O. The van der Waals surface area contributed by atoms with Crippen molar-refractivity contribution in [1.29, 1.82) is 0 Å². The van der Waals surface area contributed by atoms with Gasteiger partial charge in [0, 0.05) is 11.2 Å². The molecule has 5 nitrogen and oxygen atoms in total. The quantitative estimate of drug-likeness (QED) is 0.719. The van der Waals surface area contributed by atoms with Gasteiger partial charge >= 0.3 is 12.0 Å². The van der Waals surface area contributed by atoms with Crippen LogP contribution in [0.1, 0.15) is 12.0 Å². The van der Waals surface area contributed by atoms with Crippen LogP contribution in [0.5, 0.6) is 0 Å². The second-order valence-electron chi connectivity index (χ2n) is 4.17. The number of amides is 2. The number of hydrogen-bond donors (Lipinski definition) is 3. The molecule has 0 bridgehead atoms. The van der Waals surface area contributed by atoms with Crippen LogP contribution in [0, 0.1) is 0 Å². The summed E-state index contributed by atoms with van der Waals surface area (Å²) in [4.78, 5) is 22.6.